The summed E-state index contributed by atoms with van der Waals surface area (Å²) >= 11 is 0. The van der Waals surface area contributed by atoms with Gasteiger partial charge in [-0.25, -0.2) is 9.13 Å². The fourth-order valence-corrected chi connectivity index (χ4v) is 1.67. The Morgan fingerprint density at radius 1 is 1.21 bits per heavy atom. The van der Waals surface area contributed by atoms with Crippen LogP contribution in [0.4, 0.5) is 0 Å². The first-order chi connectivity index (χ1) is 8.56. The topological polar surface area (TPSA) is 69.0 Å². The molecule has 0 fully saturated rings. The van der Waals surface area contributed by atoms with Crippen molar-refractivity contribution in [2.75, 3.05) is 0 Å². The number of aryl methyl sites for hydroxylation is 1. The monoisotopic (exact) mass is 323 g/mol. The number of ketones is 1. The van der Waals surface area contributed by atoms with Gasteiger partial charge in [-0.15, -0.1) is 0 Å². The van der Waals surface area contributed by atoms with Crippen LogP contribution in [0.3, 0.4) is 0 Å². The molecule has 2 N–H and O–H groups in total. The molecule has 0 aliphatic heterocycles. The van der Waals surface area contributed by atoms with Crippen molar-refractivity contribution in [2.45, 2.75) is 6.54 Å². The number of benzene rings is 1. The van der Waals surface area contributed by atoms with E-state index < -0.39 is 5.91 Å². The van der Waals surface area contributed by atoms with Crippen LogP contribution in [0.1, 0.15) is 20.7 Å². The number of rotatable bonds is 4. The summed E-state index contributed by atoms with van der Waals surface area (Å²) in [6.45, 7) is 0.275. The lowest BCUT2D eigenvalue weighted by Crippen LogP contribution is -3.00. The number of Topliss-reactive ketones (excluding diaryl/α,β-unsaturated/α-hetero) is 1. The number of hydrogen-bond donors (Lipinski definition) is 1. The van der Waals surface area contributed by atoms with Gasteiger partial charge in [0.25, 0.3) is 0 Å². The second kappa shape index (κ2) is 6.29. The molecule has 0 aliphatic rings. The van der Waals surface area contributed by atoms with Gasteiger partial charge in [0.05, 0.1) is 7.05 Å². The molecule has 6 heteroatoms. The summed E-state index contributed by atoms with van der Waals surface area (Å²) in [6.07, 6.45) is 5.52. The van der Waals surface area contributed by atoms with Crippen molar-refractivity contribution < 1.29 is 31.1 Å². The molecule has 0 aliphatic carbocycles. The molecule has 100 valence electrons. The maximum atomic E-state index is 12.0. The summed E-state index contributed by atoms with van der Waals surface area (Å²) in [5.41, 5.74) is 6.10. The standard InChI is InChI=1S/C13H13N3O2.BrH/c1-15-6-7-16(9-15)8-12(17)10-2-4-11(5-3-10)13(14)18;/h2-7,9H,8H2,1H3,(H-,14,18);1H. The first-order valence-corrected chi connectivity index (χ1v) is 5.50. The highest BCUT2D eigenvalue weighted by atomic mass is 79.9. The number of nitrogens with zero attached hydrogens (tertiary/aromatic N) is 2. The highest BCUT2D eigenvalue weighted by Crippen LogP contribution is 2.06. The summed E-state index contributed by atoms with van der Waals surface area (Å²) in [6, 6.07) is 6.36. The minimum atomic E-state index is -0.494. The Balaban J connectivity index is 0.00000180. The van der Waals surface area contributed by atoms with E-state index in [4.69, 9.17) is 5.73 Å². The third-order valence-corrected chi connectivity index (χ3v) is 2.64. The maximum Gasteiger partial charge on any atom is 0.248 e. The van der Waals surface area contributed by atoms with Crippen molar-refractivity contribution in [3.63, 3.8) is 0 Å². The molecule has 2 rings (SSSR count). The molecule has 2 aromatic rings. The fourth-order valence-electron chi connectivity index (χ4n) is 1.67. The number of aromatic nitrogens is 2. The zero-order valence-corrected chi connectivity index (χ0v) is 12.0. The molecule has 0 saturated carbocycles. The summed E-state index contributed by atoms with van der Waals surface area (Å²) in [4.78, 5) is 22.9. The zero-order chi connectivity index (χ0) is 13.1. The minimum Gasteiger partial charge on any atom is -1.00 e. The molecule has 19 heavy (non-hydrogen) atoms. The normalized spacial score (nSPS) is 9.74. The summed E-state index contributed by atoms with van der Waals surface area (Å²) < 4.78 is 3.66. The van der Waals surface area contributed by atoms with Crippen molar-refractivity contribution in [1.29, 1.82) is 0 Å². The van der Waals surface area contributed by atoms with E-state index in [1.807, 2.05) is 30.3 Å². The molecular formula is C13H14BrN3O2. The number of imidazole rings is 1. The Morgan fingerprint density at radius 3 is 2.26 bits per heavy atom. The molecule has 0 unspecified atom stereocenters. The van der Waals surface area contributed by atoms with Crippen LogP contribution in [0.25, 0.3) is 0 Å². The largest absolute Gasteiger partial charge is 1.00 e. The van der Waals surface area contributed by atoms with E-state index >= 15 is 0 Å². The predicted octanol–water partition coefficient (Wildman–Crippen LogP) is -2.70. The highest BCUT2D eigenvalue weighted by molar-refractivity contribution is 5.98. The maximum absolute atomic E-state index is 12.0. The van der Waals surface area contributed by atoms with Crippen molar-refractivity contribution in [1.82, 2.24) is 4.57 Å². The zero-order valence-electron chi connectivity index (χ0n) is 10.4. The van der Waals surface area contributed by atoms with Crippen LogP contribution < -0.4 is 27.3 Å². The summed E-state index contributed by atoms with van der Waals surface area (Å²) in [5, 5.41) is 0. The van der Waals surface area contributed by atoms with Gasteiger partial charge in [0.2, 0.25) is 18.0 Å². The lowest BCUT2D eigenvalue weighted by Gasteiger charge is -2.00. The molecule has 0 spiro atoms. The summed E-state index contributed by atoms with van der Waals surface area (Å²) in [7, 11) is 1.89. The van der Waals surface area contributed by atoms with Gasteiger partial charge in [-0.1, -0.05) is 12.1 Å². The molecule has 0 bridgehead atoms. The van der Waals surface area contributed by atoms with E-state index in [-0.39, 0.29) is 29.3 Å². The molecule has 1 heterocycles. The Morgan fingerprint density at radius 2 is 1.79 bits per heavy atom. The van der Waals surface area contributed by atoms with Crippen LogP contribution in [0.5, 0.6) is 0 Å². The second-order valence-corrected chi connectivity index (χ2v) is 4.12. The van der Waals surface area contributed by atoms with Crippen molar-refractivity contribution in [3.05, 3.63) is 54.1 Å². The Kier molecular flexibility index (Phi) is 5.00. The first-order valence-electron chi connectivity index (χ1n) is 5.50. The SMILES string of the molecule is C[n+]1ccn(CC(=O)c2ccc(C(N)=O)cc2)c1.[Br-]. The van der Waals surface area contributed by atoms with E-state index in [9.17, 15) is 9.59 Å². The smallest absolute Gasteiger partial charge is 0.248 e. The number of carbonyl (C=O) groups is 2. The highest BCUT2D eigenvalue weighted by Gasteiger charge is 2.11. The van der Waals surface area contributed by atoms with E-state index in [1.54, 1.807) is 28.8 Å². The van der Waals surface area contributed by atoms with Gasteiger partial charge in [-0.05, 0) is 12.1 Å². The number of halogens is 1. The van der Waals surface area contributed by atoms with Gasteiger partial charge in [-0.3, -0.25) is 9.59 Å². The number of amides is 1. The lowest BCUT2D eigenvalue weighted by atomic mass is 10.1. The van der Waals surface area contributed by atoms with Gasteiger partial charge in [-0.2, -0.15) is 0 Å². The molecule has 1 amide bonds. The fraction of sp³-hybridized carbons (Fsp3) is 0.154. The number of carbonyl (C=O) groups excluding carboxylic acids is 2. The second-order valence-electron chi connectivity index (χ2n) is 4.12. The molecule has 0 radical (unpaired) electrons. The van der Waals surface area contributed by atoms with E-state index in [0.717, 1.165) is 0 Å². The van der Waals surface area contributed by atoms with Crippen LogP contribution in [0.2, 0.25) is 0 Å². The summed E-state index contributed by atoms with van der Waals surface area (Å²) in [5.74, 6) is -0.506. The number of primary amides is 1. The van der Waals surface area contributed by atoms with Gasteiger partial charge < -0.3 is 22.7 Å². The Bertz CT molecular complexity index is 590. The van der Waals surface area contributed by atoms with Crippen LogP contribution >= 0.6 is 0 Å². The molecular weight excluding hydrogens is 310 g/mol. The molecule has 5 nitrogen and oxygen atoms in total. The third-order valence-electron chi connectivity index (χ3n) is 2.64. The Labute approximate surface area is 121 Å². The van der Waals surface area contributed by atoms with Gasteiger partial charge in [0, 0.05) is 11.1 Å². The minimum absolute atomic E-state index is 0. The van der Waals surface area contributed by atoms with Crippen molar-refractivity contribution in [3.8, 4) is 0 Å². The van der Waals surface area contributed by atoms with Gasteiger partial charge in [0.15, 0.2) is 6.54 Å². The van der Waals surface area contributed by atoms with Crippen LogP contribution in [-0.4, -0.2) is 16.3 Å². The average molecular weight is 324 g/mol. The number of nitrogens with two attached hydrogens (primary N) is 1. The van der Waals surface area contributed by atoms with Crippen molar-refractivity contribution in [2.24, 2.45) is 12.8 Å². The lowest BCUT2D eigenvalue weighted by molar-refractivity contribution is -0.671. The van der Waals surface area contributed by atoms with E-state index in [0.29, 0.717) is 11.1 Å². The third kappa shape index (κ3) is 3.75. The van der Waals surface area contributed by atoms with Crippen LogP contribution in [0, 0.1) is 0 Å². The predicted molar refractivity (Wildman–Crippen MR) is 64.9 cm³/mol. The molecule has 0 atom stereocenters. The average Bonchev–Trinajstić information content (AvgIpc) is 2.75. The molecule has 0 saturated heterocycles. The molecule has 1 aromatic carbocycles. The van der Waals surface area contributed by atoms with Crippen LogP contribution in [-0.2, 0) is 13.6 Å². The van der Waals surface area contributed by atoms with E-state index in [1.165, 1.54) is 0 Å². The van der Waals surface area contributed by atoms with Gasteiger partial charge in [0.1, 0.15) is 12.4 Å². The van der Waals surface area contributed by atoms with Gasteiger partial charge >= 0.3 is 0 Å². The Hall–Kier alpha value is -1.95. The number of hydrogen-bond acceptors (Lipinski definition) is 2. The molecule has 1 aromatic heterocycles. The van der Waals surface area contributed by atoms with Crippen LogP contribution in [0.15, 0.2) is 43.0 Å². The van der Waals surface area contributed by atoms with E-state index in [2.05, 4.69) is 0 Å². The first kappa shape index (κ1) is 15.1. The quantitative estimate of drug-likeness (QED) is 0.491. The van der Waals surface area contributed by atoms with Crippen molar-refractivity contribution >= 4 is 11.7 Å².